The molecule has 0 saturated carbocycles. The maximum atomic E-state index is 9.18. The van der Waals surface area contributed by atoms with Gasteiger partial charge in [0, 0.05) is 26.4 Å². The molecule has 1 aromatic rings. The number of fused-ring (bicyclic) bond motifs is 1. The Morgan fingerprint density at radius 2 is 2.35 bits per heavy atom. The fourth-order valence-corrected chi connectivity index (χ4v) is 2.17. The van der Waals surface area contributed by atoms with Gasteiger partial charge < -0.3 is 9.64 Å². The Balaban J connectivity index is 2.29. The first-order chi connectivity index (χ1) is 8.26. The monoisotopic (exact) mass is 231 g/mol. The zero-order valence-electron chi connectivity index (χ0n) is 10.4. The van der Waals surface area contributed by atoms with E-state index in [0.717, 1.165) is 37.3 Å². The number of aromatic nitrogens is 1. The Morgan fingerprint density at radius 1 is 1.53 bits per heavy atom. The minimum Gasteiger partial charge on any atom is -0.383 e. The third-order valence-corrected chi connectivity index (χ3v) is 3.14. The molecule has 0 aromatic carbocycles. The minimum atomic E-state index is 0.639. The first kappa shape index (κ1) is 11.9. The maximum Gasteiger partial charge on any atom is 0.146 e. The van der Waals surface area contributed by atoms with E-state index < -0.39 is 0 Å². The molecule has 0 N–H and O–H groups in total. The van der Waals surface area contributed by atoms with E-state index in [2.05, 4.69) is 11.1 Å². The molecule has 4 nitrogen and oxygen atoms in total. The van der Waals surface area contributed by atoms with Crippen molar-refractivity contribution in [2.45, 2.75) is 19.3 Å². The van der Waals surface area contributed by atoms with Gasteiger partial charge in [0.15, 0.2) is 0 Å². The van der Waals surface area contributed by atoms with Gasteiger partial charge in [-0.25, -0.2) is 4.98 Å². The second-order valence-corrected chi connectivity index (χ2v) is 4.35. The Bertz CT molecular complexity index is 451. The lowest BCUT2D eigenvalue weighted by molar-refractivity contribution is 0.206. The van der Waals surface area contributed by atoms with Gasteiger partial charge in [-0.2, -0.15) is 5.26 Å². The number of nitriles is 1. The molecule has 1 aliphatic rings. The average molecular weight is 231 g/mol. The molecule has 17 heavy (non-hydrogen) atoms. The molecular weight excluding hydrogens is 214 g/mol. The van der Waals surface area contributed by atoms with Crippen LogP contribution >= 0.6 is 0 Å². The van der Waals surface area contributed by atoms with Crippen LogP contribution in [0, 0.1) is 11.3 Å². The summed E-state index contributed by atoms with van der Waals surface area (Å²) >= 11 is 0. The van der Waals surface area contributed by atoms with E-state index in [1.54, 1.807) is 7.11 Å². The number of pyridine rings is 1. The normalized spacial score (nSPS) is 13.2. The zero-order chi connectivity index (χ0) is 12.3. The molecule has 0 spiro atoms. The summed E-state index contributed by atoms with van der Waals surface area (Å²) in [4.78, 5) is 6.61. The van der Waals surface area contributed by atoms with Crippen LogP contribution in [-0.2, 0) is 17.6 Å². The molecule has 0 unspecified atom stereocenters. The molecule has 2 rings (SSSR count). The minimum absolute atomic E-state index is 0.639. The molecule has 1 aliphatic carbocycles. The third-order valence-electron chi connectivity index (χ3n) is 3.14. The number of rotatable bonds is 4. The van der Waals surface area contributed by atoms with Crippen molar-refractivity contribution in [2.75, 3.05) is 32.2 Å². The molecule has 0 radical (unpaired) electrons. The van der Waals surface area contributed by atoms with Crippen LogP contribution in [0.3, 0.4) is 0 Å². The fraction of sp³-hybridized carbons (Fsp3) is 0.538. The number of methoxy groups -OCH3 is 1. The van der Waals surface area contributed by atoms with Crippen LogP contribution in [0.15, 0.2) is 6.07 Å². The van der Waals surface area contributed by atoms with E-state index in [-0.39, 0.29) is 0 Å². The third kappa shape index (κ3) is 2.40. The summed E-state index contributed by atoms with van der Waals surface area (Å²) in [5.41, 5.74) is 3.07. The van der Waals surface area contributed by atoms with Crippen LogP contribution in [0.2, 0.25) is 0 Å². The largest absolute Gasteiger partial charge is 0.383 e. The number of likely N-dealkylation sites (N-methyl/N-ethyl adjacent to an activating group) is 1. The highest BCUT2D eigenvalue weighted by molar-refractivity contribution is 5.56. The summed E-state index contributed by atoms with van der Waals surface area (Å²) in [6.45, 7) is 1.39. The highest BCUT2D eigenvalue weighted by Gasteiger charge is 2.18. The first-order valence-electron chi connectivity index (χ1n) is 5.89. The number of anilines is 1. The lowest BCUT2D eigenvalue weighted by Gasteiger charge is -2.19. The summed E-state index contributed by atoms with van der Waals surface area (Å²) in [6, 6.07) is 4.23. The number of hydrogen-bond donors (Lipinski definition) is 0. The van der Waals surface area contributed by atoms with Crippen LogP contribution < -0.4 is 4.90 Å². The van der Waals surface area contributed by atoms with Crippen LogP contribution in [0.4, 0.5) is 5.82 Å². The molecule has 90 valence electrons. The standard InChI is InChI=1S/C13H17N3O/c1-16(6-7-17-2)13-11(9-14)8-10-4-3-5-12(10)15-13/h8H,3-7H2,1-2H3. The van der Waals surface area contributed by atoms with Gasteiger partial charge in [-0.05, 0) is 30.9 Å². The first-order valence-corrected chi connectivity index (χ1v) is 5.89. The zero-order valence-corrected chi connectivity index (χ0v) is 10.4. The van der Waals surface area contributed by atoms with Crippen LogP contribution in [0.25, 0.3) is 0 Å². The molecule has 0 fully saturated rings. The molecule has 1 aromatic heterocycles. The second-order valence-electron chi connectivity index (χ2n) is 4.35. The smallest absolute Gasteiger partial charge is 0.146 e. The van der Waals surface area contributed by atoms with Crippen LogP contribution in [0.5, 0.6) is 0 Å². The lowest BCUT2D eigenvalue weighted by Crippen LogP contribution is -2.24. The average Bonchev–Trinajstić information content (AvgIpc) is 2.81. The van der Waals surface area contributed by atoms with Crippen molar-refractivity contribution in [1.29, 1.82) is 5.26 Å². The van der Waals surface area contributed by atoms with Gasteiger partial charge in [-0.15, -0.1) is 0 Å². The quantitative estimate of drug-likeness (QED) is 0.788. The Labute approximate surface area is 102 Å². The summed E-state index contributed by atoms with van der Waals surface area (Å²) in [5, 5.41) is 9.18. The van der Waals surface area contributed by atoms with E-state index in [4.69, 9.17) is 4.74 Å². The number of nitrogens with zero attached hydrogens (tertiary/aromatic N) is 3. The van der Waals surface area contributed by atoms with E-state index in [0.29, 0.717) is 12.2 Å². The van der Waals surface area contributed by atoms with Gasteiger partial charge in [0.05, 0.1) is 12.2 Å². The van der Waals surface area contributed by atoms with Gasteiger partial charge in [0.2, 0.25) is 0 Å². The van der Waals surface area contributed by atoms with E-state index in [9.17, 15) is 5.26 Å². The Hall–Kier alpha value is -1.60. The van der Waals surface area contributed by atoms with Crippen molar-refractivity contribution in [3.8, 4) is 6.07 Å². The van der Waals surface area contributed by atoms with Crippen molar-refractivity contribution in [3.05, 3.63) is 22.9 Å². The van der Waals surface area contributed by atoms with Gasteiger partial charge in [-0.3, -0.25) is 0 Å². The van der Waals surface area contributed by atoms with E-state index in [1.165, 1.54) is 5.56 Å². The molecule has 1 heterocycles. The number of aryl methyl sites for hydroxylation is 2. The van der Waals surface area contributed by atoms with Gasteiger partial charge in [0.1, 0.15) is 11.9 Å². The predicted molar refractivity (Wildman–Crippen MR) is 66.1 cm³/mol. The molecule has 0 aliphatic heterocycles. The summed E-state index contributed by atoms with van der Waals surface area (Å²) in [7, 11) is 3.62. The Morgan fingerprint density at radius 3 is 3.06 bits per heavy atom. The molecular formula is C13H17N3O. The predicted octanol–water partition coefficient (Wildman–Crippen LogP) is 1.52. The van der Waals surface area contributed by atoms with Crippen molar-refractivity contribution < 1.29 is 4.74 Å². The van der Waals surface area contributed by atoms with Crippen molar-refractivity contribution in [1.82, 2.24) is 4.98 Å². The van der Waals surface area contributed by atoms with Crippen molar-refractivity contribution in [2.24, 2.45) is 0 Å². The van der Waals surface area contributed by atoms with Crippen LogP contribution in [0.1, 0.15) is 23.2 Å². The number of hydrogen-bond acceptors (Lipinski definition) is 4. The molecule has 4 heteroatoms. The Kier molecular flexibility index (Phi) is 3.60. The lowest BCUT2D eigenvalue weighted by atomic mass is 10.1. The van der Waals surface area contributed by atoms with E-state index >= 15 is 0 Å². The highest BCUT2D eigenvalue weighted by Crippen LogP contribution is 2.26. The topological polar surface area (TPSA) is 49.1 Å². The number of ether oxygens (including phenoxy) is 1. The summed E-state index contributed by atoms with van der Waals surface area (Å²) in [6.07, 6.45) is 3.24. The van der Waals surface area contributed by atoms with Crippen molar-refractivity contribution in [3.63, 3.8) is 0 Å². The molecule has 0 bridgehead atoms. The highest BCUT2D eigenvalue weighted by atomic mass is 16.5. The second kappa shape index (κ2) is 5.15. The summed E-state index contributed by atoms with van der Waals surface area (Å²) < 4.78 is 5.05. The van der Waals surface area contributed by atoms with Crippen molar-refractivity contribution >= 4 is 5.82 Å². The maximum absolute atomic E-state index is 9.18. The fourth-order valence-electron chi connectivity index (χ4n) is 2.17. The van der Waals surface area contributed by atoms with Gasteiger partial charge in [0.25, 0.3) is 0 Å². The van der Waals surface area contributed by atoms with Gasteiger partial charge in [-0.1, -0.05) is 0 Å². The van der Waals surface area contributed by atoms with Gasteiger partial charge >= 0.3 is 0 Å². The SMILES string of the molecule is COCCN(C)c1nc2c(cc1C#N)CCC2. The van der Waals surface area contributed by atoms with Crippen LogP contribution in [-0.4, -0.2) is 32.3 Å². The molecule has 0 saturated heterocycles. The van der Waals surface area contributed by atoms with E-state index in [1.807, 2.05) is 18.0 Å². The summed E-state index contributed by atoms with van der Waals surface area (Å²) in [5.74, 6) is 0.783. The molecule has 0 amide bonds. The molecule has 0 atom stereocenters.